The summed E-state index contributed by atoms with van der Waals surface area (Å²) in [6.07, 6.45) is 1.49. The van der Waals surface area contributed by atoms with Gasteiger partial charge in [-0.2, -0.15) is 8.42 Å². The van der Waals surface area contributed by atoms with E-state index in [0.717, 1.165) is 0 Å². The van der Waals surface area contributed by atoms with Crippen LogP contribution in [-0.4, -0.2) is 25.1 Å². The molecule has 1 aromatic heterocycles. The zero-order valence-corrected chi connectivity index (χ0v) is 10.2. The average Bonchev–Trinajstić information content (AvgIpc) is 2.26. The van der Waals surface area contributed by atoms with Gasteiger partial charge < -0.3 is 4.74 Å². The van der Waals surface area contributed by atoms with Gasteiger partial charge in [-0.3, -0.25) is 9.54 Å². The number of methoxy groups -OCH3 is 1. The van der Waals surface area contributed by atoms with Gasteiger partial charge in [0.2, 0.25) is 0 Å². The van der Waals surface area contributed by atoms with Crippen LogP contribution in [0, 0.1) is 6.92 Å². The van der Waals surface area contributed by atoms with Crippen molar-refractivity contribution in [2.75, 3.05) is 7.11 Å². The molecule has 2 rings (SSSR count). The van der Waals surface area contributed by atoms with Gasteiger partial charge in [0.15, 0.2) is 0 Å². The maximum atomic E-state index is 11.3. The fourth-order valence-corrected chi connectivity index (χ4v) is 2.49. The number of nitrogens with zero attached hydrogens (tertiary/aromatic N) is 1. The Hall–Kier alpha value is -1.66. The van der Waals surface area contributed by atoms with E-state index in [1.807, 2.05) is 0 Å². The van der Waals surface area contributed by atoms with Crippen LogP contribution in [-0.2, 0) is 10.1 Å². The van der Waals surface area contributed by atoms with E-state index in [1.165, 1.54) is 31.5 Å². The molecule has 0 saturated heterocycles. The molecule has 5 nitrogen and oxygen atoms in total. The molecule has 0 bridgehead atoms. The zero-order valence-electron chi connectivity index (χ0n) is 9.34. The summed E-state index contributed by atoms with van der Waals surface area (Å²) >= 11 is 0. The Kier molecular flexibility index (Phi) is 2.76. The van der Waals surface area contributed by atoms with Crippen LogP contribution in [0.15, 0.2) is 29.3 Å². The van der Waals surface area contributed by atoms with Crippen LogP contribution >= 0.6 is 0 Å². The summed E-state index contributed by atoms with van der Waals surface area (Å²) in [5.41, 5.74) is 0.643. The van der Waals surface area contributed by atoms with Gasteiger partial charge in [0.05, 0.1) is 7.11 Å². The van der Waals surface area contributed by atoms with E-state index >= 15 is 0 Å². The molecule has 0 atom stereocenters. The van der Waals surface area contributed by atoms with Crippen molar-refractivity contribution < 1.29 is 17.7 Å². The summed E-state index contributed by atoms with van der Waals surface area (Å²) in [7, 11) is -2.76. The third kappa shape index (κ3) is 1.96. The second kappa shape index (κ2) is 3.97. The van der Waals surface area contributed by atoms with Crippen molar-refractivity contribution in [1.29, 1.82) is 0 Å². The highest BCUT2D eigenvalue weighted by Crippen LogP contribution is 2.32. The van der Waals surface area contributed by atoms with Gasteiger partial charge in [0.1, 0.15) is 10.6 Å². The molecule has 17 heavy (non-hydrogen) atoms. The Labute approximate surface area is 98.8 Å². The minimum absolute atomic E-state index is 0.140. The van der Waals surface area contributed by atoms with E-state index in [2.05, 4.69) is 4.98 Å². The van der Waals surface area contributed by atoms with Crippen molar-refractivity contribution in [3.05, 3.63) is 30.1 Å². The molecule has 0 aliphatic carbocycles. The van der Waals surface area contributed by atoms with Gasteiger partial charge in [-0.15, -0.1) is 0 Å². The molecule has 6 heteroatoms. The maximum absolute atomic E-state index is 11.3. The molecule has 0 aliphatic heterocycles. The van der Waals surface area contributed by atoms with Crippen LogP contribution in [0.2, 0.25) is 0 Å². The van der Waals surface area contributed by atoms with Crippen molar-refractivity contribution in [3.63, 3.8) is 0 Å². The van der Waals surface area contributed by atoms with Gasteiger partial charge >= 0.3 is 0 Å². The van der Waals surface area contributed by atoms with Crippen molar-refractivity contribution in [3.8, 4) is 5.75 Å². The molecule has 0 unspecified atom stereocenters. The van der Waals surface area contributed by atoms with Crippen molar-refractivity contribution in [2.24, 2.45) is 0 Å². The summed E-state index contributed by atoms with van der Waals surface area (Å²) in [6.45, 7) is 1.75. The largest absolute Gasteiger partial charge is 0.496 e. The summed E-state index contributed by atoms with van der Waals surface area (Å²) < 4.78 is 36.8. The molecule has 0 radical (unpaired) electrons. The molecule has 1 N–H and O–H groups in total. The molecule has 1 heterocycles. The van der Waals surface area contributed by atoms with Crippen molar-refractivity contribution >= 4 is 20.9 Å². The third-order valence-corrected chi connectivity index (χ3v) is 3.45. The summed E-state index contributed by atoms with van der Waals surface area (Å²) in [5.74, 6) is 0.526. The molecule has 90 valence electrons. The van der Waals surface area contributed by atoms with E-state index in [-0.39, 0.29) is 4.90 Å². The highest BCUT2D eigenvalue weighted by molar-refractivity contribution is 7.86. The molecule has 0 saturated carbocycles. The summed E-state index contributed by atoms with van der Waals surface area (Å²) in [6, 6.07) is 4.35. The minimum atomic E-state index is -4.25. The van der Waals surface area contributed by atoms with Gasteiger partial charge in [-0.1, -0.05) is 0 Å². The SMILES string of the molecule is COc1ccc(S(=O)(=O)O)c2ccnc(C)c12. The second-order valence-electron chi connectivity index (χ2n) is 3.56. The Morgan fingerprint density at radius 3 is 2.59 bits per heavy atom. The number of hydrogen-bond acceptors (Lipinski definition) is 4. The van der Waals surface area contributed by atoms with Crippen LogP contribution in [0.5, 0.6) is 5.75 Å². The number of hydrogen-bond donors (Lipinski definition) is 1. The van der Waals surface area contributed by atoms with E-state index < -0.39 is 10.1 Å². The van der Waals surface area contributed by atoms with Gasteiger partial charge in [0, 0.05) is 22.7 Å². The first-order chi connectivity index (χ1) is 7.95. The average molecular weight is 253 g/mol. The Morgan fingerprint density at radius 1 is 1.29 bits per heavy atom. The molecule has 0 aliphatic rings. The number of ether oxygens (including phenoxy) is 1. The van der Waals surface area contributed by atoms with Crippen LogP contribution in [0.4, 0.5) is 0 Å². The number of aryl methyl sites for hydroxylation is 1. The Balaban J connectivity index is 2.98. The lowest BCUT2D eigenvalue weighted by molar-refractivity contribution is 0.419. The first-order valence-electron chi connectivity index (χ1n) is 4.85. The van der Waals surface area contributed by atoms with E-state index in [4.69, 9.17) is 9.29 Å². The monoisotopic (exact) mass is 253 g/mol. The quantitative estimate of drug-likeness (QED) is 0.826. The Bertz CT molecular complexity index is 679. The first kappa shape index (κ1) is 11.8. The fraction of sp³-hybridized carbons (Fsp3) is 0.182. The molecule has 0 spiro atoms. The third-order valence-electron chi connectivity index (χ3n) is 2.54. The standard InChI is InChI=1S/C11H11NO4S/c1-7-11-8(5-6-12-7)10(17(13,14)15)4-3-9(11)16-2/h3-6H,1-2H3,(H,13,14,15). The number of benzene rings is 1. The number of fused-ring (bicyclic) bond motifs is 1. The first-order valence-corrected chi connectivity index (χ1v) is 6.29. The Morgan fingerprint density at radius 2 is 2.00 bits per heavy atom. The molecular weight excluding hydrogens is 242 g/mol. The number of pyridine rings is 1. The predicted octanol–water partition coefficient (Wildman–Crippen LogP) is 1.80. The van der Waals surface area contributed by atoms with Crippen LogP contribution in [0.25, 0.3) is 10.8 Å². The van der Waals surface area contributed by atoms with Crippen LogP contribution < -0.4 is 4.74 Å². The van der Waals surface area contributed by atoms with Crippen LogP contribution in [0.3, 0.4) is 0 Å². The predicted molar refractivity (Wildman–Crippen MR) is 62.8 cm³/mol. The zero-order chi connectivity index (χ0) is 12.6. The molecule has 0 amide bonds. The lowest BCUT2D eigenvalue weighted by atomic mass is 10.1. The van der Waals surface area contributed by atoms with Gasteiger partial charge in [0.25, 0.3) is 10.1 Å². The highest BCUT2D eigenvalue weighted by Gasteiger charge is 2.17. The topological polar surface area (TPSA) is 76.5 Å². The molecular formula is C11H11NO4S. The normalized spacial score (nSPS) is 11.7. The molecule has 1 aromatic carbocycles. The maximum Gasteiger partial charge on any atom is 0.295 e. The van der Waals surface area contributed by atoms with Crippen LogP contribution in [0.1, 0.15) is 5.69 Å². The summed E-state index contributed by atoms with van der Waals surface area (Å²) in [5, 5.41) is 0.990. The lowest BCUT2D eigenvalue weighted by Gasteiger charge is -2.10. The number of rotatable bonds is 2. The highest BCUT2D eigenvalue weighted by atomic mass is 32.2. The molecule has 2 aromatic rings. The van der Waals surface area contributed by atoms with Gasteiger partial charge in [-0.05, 0) is 25.1 Å². The van der Waals surface area contributed by atoms with Gasteiger partial charge in [-0.25, -0.2) is 0 Å². The van der Waals surface area contributed by atoms with E-state index in [0.29, 0.717) is 22.2 Å². The molecule has 0 fully saturated rings. The summed E-state index contributed by atoms with van der Waals surface area (Å²) in [4.78, 5) is 3.94. The second-order valence-corrected chi connectivity index (χ2v) is 4.95. The lowest BCUT2D eigenvalue weighted by Crippen LogP contribution is -2.01. The minimum Gasteiger partial charge on any atom is -0.496 e. The number of aromatic nitrogens is 1. The van der Waals surface area contributed by atoms with E-state index in [9.17, 15) is 8.42 Å². The van der Waals surface area contributed by atoms with Crippen molar-refractivity contribution in [2.45, 2.75) is 11.8 Å². The van der Waals surface area contributed by atoms with Crippen molar-refractivity contribution in [1.82, 2.24) is 4.98 Å². The smallest absolute Gasteiger partial charge is 0.295 e. The van der Waals surface area contributed by atoms with E-state index in [1.54, 1.807) is 6.92 Å². The fourth-order valence-electron chi connectivity index (χ4n) is 1.80.